The summed E-state index contributed by atoms with van der Waals surface area (Å²) in [7, 11) is 1.98. The van der Waals surface area contributed by atoms with Crippen LogP contribution in [0.25, 0.3) is 22.4 Å². The van der Waals surface area contributed by atoms with Crippen LogP contribution in [0.3, 0.4) is 0 Å². The number of benzene rings is 2. The summed E-state index contributed by atoms with van der Waals surface area (Å²) in [5, 5.41) is 19.7. The van der Waals surface area contributed by atoms with Crippen LogP contribution in [0.4, 0.5) is 5.69 Å². The normalized spacial score (nSPS) is 15.0. The molecule has 3 heterocycles. The van der Waals surface area contributed by atoms with Crippen LogP contribution in [0.5, 0.6) is 0 Å². The second-order valence-electron chi connectivity index (χ2n) is 9.49. The molecular formula is C27H30N8O2. The number of fused-ring (bicyclic) bond motifs is 1. The van der Waals surface area contributed by atoms with Gasteiger partial charge >= 0.3 is 0 Å². The molecule has 1 aliphatic rings. The van der Waals surface area contributed by atoms with Gasteiger partial charge in [-0.3, -0.25) is 10.1 Å². The molecule has 0 radical (unpaired) electrons. The van der Waals surface area contributed by atoms with Crippen molar-refractivity contribution < 1.29 is 9.32 Å². The molecule has 5 rings (SSSR count). The van der Waals surface area contributed by atoms with E-state index in [-0.39, 0.29) is 12.5 Å². The SMILES string of the molecule is Cc1nc(-c2ccc(NCc3nc4cc([C@@](C)(NCC#N)C(=O)N5CCCC5)ccc4n3C)cc2)no1. The Hall–Kier alpha value is -4.23. The zero-order valence-electron chi connectivity index (χ0n) is 21.3. The van der Waals surface area contributed by atoms with Crippen molar-refractivity contribution >= 4 is 22.6 Å². The second-order valence-corrected chi connectivity index (χ2v) is 9.49. The van der Waals surface area contributed by atoms with Crippen LogP contribution >= 0.6 is 0 Å². The van der Waals surface area contributed by atoms with Crippen LogP contribution in [-0.4, -0.2) is 50.1 Å². The Bertz CT molecular complexity index is 1460. The number of imidazole rings is 1. The lowest BCUT2D eigenvalue weighted by Crippen LogP contribution is -2.53. The smallest absolute Gasteiger partial charge is 0.247 e. The van der Waals surface area contributed by atoms with Gasteiger partial charge in [0.05, 0.1) is 30.2 Å². The van der Waals surface area contributed by atoms with Crippen molar-refractivity contribution in [3.05, 3.63) is 59.7 Å². The van der Waals surface area contributed by atoms with Gasteiger partial charge in [-0.25, -0.2) is 4.98 Å². The van der Waals surface area contributed by atoms with E-state index in [1.807, 2.05) is 65.9 Å². The van der Waals surface area contributed by atoms with Crippen molar-refractivity contribution in [1.29, 1.82) is 5.26 Å². The summed E-state index contributed by atoms with van der Waals surface area (Å²) in [6.45, 7) is 5.73. The number of anilines is 1. The number of aromatic nitrogens is 4. The van der Waals surface area contributed by atoms with Crippen molar-refractivity contribution in [2.75, 3.05) is 25.0 Å². The number of hydrogen-bond donors (Lipinski definition) is 2. The Morgan fingerprint density at radius 2 is 1.92 bits per heavy atom. The molecule has 1 atom stereocenters. The summed E-state index contributed by atoms with van der Waals surface area (Å²) in [6.07, 6.45) is 2.02. The number of likely N-dealkylation sites (tertiary alicyclic amines) is 1. The molecule has 0 saturated carbocycles. The van der Waals surface area contributed by atoms with Crippen LogP contribution in [-0.2, 0) is 23.9 Å². The third-order valence-electron chi connectivity index (χ3n) is 7.01. The molecule has 1 amide bonds. The van der Waals surface area contributed by atoms with Crippen LogP contribution in [0.1, 0.15) is 37.0 Å². The zero-order valence-corrected chi connectivity index (χ0v) is 21.3. The van der Waals surface area contributed by atoms with E-state index in [4.69, 9.17) is 9.51 Å². The first-order valence-electron chi connectivity index (χ1n) is 12.4. The summed E-state index contributed by atoms with van der Waals surface area (Å²) < 4.78 is 7.10. The molecule has 2 aromatic heterocycles. The minimum atomic E-state index is -0.997. The lowest BCUT2D eigenvalue weighted by atomic mass is 9.89. The quantitative estimate of drug-likeness (QED) is 0.354. The number of nitrogens with one attached hydrogen (secondary N) is 2. The fourth-order valence-corrected chi connectivity index (χ4v) is 4.81. The van der Waals surface area contributed by atoms with Gasteiger partial charge in [0.25, 0.3) is 0 Å². The number of carbonyl (C=O) groups excluding carboxylic acids is 1. The first kappa shape index (κ1) is 24.5. The van der Waals surface area contributed by atoms with Crippen LogP contribution in [0, 0.1) is 18.3 Å². The molecule has 190 valence electrons. The molecule has 1 aliphatic heterocycles. The number of carbonyl (C=O) groups is 1. The van der Waals surface area contributed by atoms with E-state index in [9.17, 15) is 10.1 Å². The largest absolute Gasteiger partial charge is 0.378 e. The van der Waals surface area contributed by atoms with Crippen molar-refractivity contribution in [3.63, 3.8) is 0 Å². The molecule has 2 N–H and O–H groups in total. The molecule has 1 saturated heterocycles. The van der Waals surface area contributed by atoms with Gasteiger partial charge in [-0.2, -0.15) is 10.2 Å². The van der Waals surface area contributed by atoms with Crippen LogP contribution in [0.2, 0.25) is 0 Å². The molecule has 0 spiro atoms. The molecule has 1 fully saturated rings. The second kappa shape index (κ2) is 10.0. The van der Waals surface area contributed by atoms with E-state index in [1.165, 1.54) is 0 Å². The topological polar surface area (TPSA) is 125 Å². The Labute approximate surface area is 215 Å². The molecule has 37 heavy (non-hydrogen) atoms. The molecule has 10 heteroatoms. The number of rotatable bonds is 8. The monoisotopic (exact) mass is 498 g/mol. The van der Waals surface area contributed by atoms with E-state index < -0.39 is 5.54 Å². The average Bonchev–Trinajstić information content (AvgIpc) is 3.67. The minimum Gasteiger partial charge on any atom is -0.378 e. The van der Waals surface area contributed by atoms with E-state index in [1.54, 1.807) is 6.92 Å². The summed E-state index contributed by atoms with van der Waals surface area (Å²) in [5.41, 5.74) is 3.41. The van der Waals surface area contributed by atoms with E-state index in [0.717, 1.165) is 59.6 Å². The van der Waals surface area contributed by atoms with Crippen molar-refractivity contribution in [3.8, 4) is 17.5 Å². The fourth-order valence-electron chi connectivity index (χ4n) is 4.81. The Morgan fingerprint density at radius 1 is 1.16 bits per heavy atom. The van der Waals surface area contributed by atoms with Crippen LogP contribution < -0.4 is 10.6 Å². The molecule has 4 aromatic rings. The molecule has 0 aliphatic carbocycles. The summed E-state index contributed by atoms with van der Waals surface area (Å²) in [5.74, 6) is 1.96. The predicted molar refractivity (Wildman–Crippen MR) is 139 cm³/mol. The van der Waals surface area contributed by atoms with E-state index in [0.29, 0.717) is 18.3 Å². The van der Waals surface area contributed by atoms with E-state index >= 15 is 0 Å². The Balaban J connectivity index is 1.36. The average molecular weight is 499 g/mol. The zero-order chi connectivity index (χ0) is 26.0. The van der Waals surface area contributed by atoms with Gasteiger partial charge in [0.2, 0.25) is 17.6 Å². The maximum absolute atomic E-state index is 13.5. The molecule has 10 nitrogen and oxygen atoms in total. The van der Waals surface area contributed by atoms with E-state index in [2.05, 4.69) is 26.8 Å². The van der Waals surface area contributed by atoms with Crippen molar-refractivity contribution in [2.45, 2.75) is 38.8 Å². The number of aryl methyl sites for hydroxylation is 2. The number of nitrogens with zero attached hydrogens (tertiary/aromatic N) is 6. The van der Waals surface area contributed by atoms with Crippen molar-refractivity contribution in [1.82, 2.24) is 29.9 Å². The standard InChI is InChI=1S/C27H30N8O2/c1-18-31-25(33-37-18)19-6-9-21(10-7-19)29-17-24-32-22-16-20(8-11-23(22)34(24)3)27(2,30-13-12-28)26(36)35-14-4-5-15-35/h6-11,16,29-30H,4-5,13-15,17H2,1-3H3/t27-/m1/s1. The third-order valence-corrected chi connectivity index (χ3v) is 7.01. The van der Waals surface area contributed by atoms with Gasteiger partial charge in [0.15, 0.2) is 0 Å². The minimum absolute atomic E-state index is 0.00292. The Kier molecular flexibility index (Phi) is 6.63. The number of nitriles is 1. The summed E-state index contributed by atoms with van der Waals surface area (Å²) in [4.78, 5) is 24.5. The number of amides is 1. The molecule has 2 aromatic carbocycles. The van der Waals surface area contributed by atoms with Gasteiger partial charge < -0.3 is 19.3 Å². The lowest BCUT2D eigenvalue weighted by molar-refractivity contribution is -0.137. The molecular weight excluding hydrogens is 468 g/mol. The third kappa shape index (κ3) is 4.78. The van der Waals surface area contributed by atoms with Crippen molar-refractivity contribution in [2.24, 2.45) is 7.05 Å². The highest BCUT2D eigenvalue weighted by molar-refractivity contribution is 5.89. The first-order chi connectivity index (χ1) is 17.9. The highest BCUT2D eigenvalue weighted by Crippen LogP contribution is 2.29. The fraction of sp³-hybridized carbons (Fsp3) is 0.370. The maximum Gasteiger partial charge on any atom is 0.247 e. The number of hydrogen-bond acceptors (Lipinski definition) is 8. The lowest BCUT2D eigenvalue weighted by Gasteiger charge is -2.33. The highest BCUT2D eigenvalue weighted by atomic mass is 16.5. The van der Waals surface area contributed by atoms with Gasteiger partial charge in [0.1, 0.15) is 11.4 Å². The van der Waals surface area contributed by atoms with Gasteiger partial charge in [-0.15, -0.1) is 0 Å². The van der Waals surface area contributed by atoms with Gasteiger partial charge in [-0.05, 0) is 61.7 Å². The molecule has 0 bridgehead atoms. The van der Waals surface area contributed by atoms with Gasteiger partial charge in [-0.1, -0.05) is 11.2 Å². The maximum atomic E-state index is 13.5. The Morgan fingerprint density at radius 3 is 2.59 bits per heavy atom. The van der Waals surface area contributed by atoms with Crippen LogP contribution in [0.15, 0.2) is 47.0 Å². The highest BCUT2D eigenvalue weighted by Gasteiger charge is 2.39. The summed E-state index contributed by atoms with van der Waals surface area (Å²) in [6, 6.07) is 15.8. The predicted octanol–water partition coefficient (Wildman–Crippen LogP) is 3.49. The van der Waals surface area contributed by atoms with Gasteiger partial charge in [0, 0.05) is 38.3 Å². The summed E-state index contributed by atoms with van der Waals surface area (Å²) >= 11 is 0. The first-order valence-corrected chi connectivity index (χ1v) is 12.4. The molecule has 0 unspecified atom stereocenters.